The molecule has 1 N–H and O–H groups in total. The Kier molecular flexibility index (Phi) is 10.6. The number of nitrogens with one attached hydrogen (secondary N) is 1. The molecule has 140 valence electrons. The van der Waals surface area contributed by atoms with Crippen molar-refractivity contribution >= 4 is 59.2 Å². The van der Waals surface area contributed by atoms with Crippen LogP contribution in [0.2, 0.25) is 5.02 Å². The molecule has 8 heteroatoms. The molecule has 0 aliphatic carbocycles. The first-order valence-electron chi connectivity index (χ1n) is 8.18. The highest BCUT2D eigenvalue weighted by Gasteiger charge is 2.16. The van der Waals surface area contributed by atoms with Crippen LogP contribution >= 0.6 is 47.3 Å². The van der Waals surface area contributed by atoms with Crippen molar-refractivity contribution in [3.05, 3.63) is 29.3 Å². The number of carbonyl (C=O) groups excluding carboxylic acids is 1. The zero-order valence-electron chi connectivity index (χ0n) is 14.7. The molecule has 1 aromatic rings. The molecule has 1 fully saturated rings. The van der Waals surface area contributed by atoms with Gasteiger partial charge in [-0.25, -0.2) is 4.99 Å². The number of hydrogen-bond donors (Lipinski definition) is 1. The van der Waals surface area contributed by atoms with Gasteiger partial charge in [-0.1, -0.05) is 11.6 Å². The van der Waals surface area contributed by atoms with Gasteiger partial charge in [-0.15, -0.1) is 35.7 Å². The van der Waals surface area contributed by atoms with Crippen LogP contribution in [0, 0.1) is 0 Å². The quantitative estimate of drug-likeness (QED) is 0.216. The minimum atomic E-state index is 0. The minimum absolute atomic E-state index is 0. The Morgan fingerprint density at radius 2 is 1.92 bits per heavy atom. The van der Waals surface area contributed by atoms with E-state index < -0.39 is 0 Å². The van der Waals surface area contributed by atoms with Crippen molar-refractivity contribution in [3.63, 3.8) is 0 Å². The van der Waals surface area contributed by atoms with Gasteiger partial charge >= 0.3 is 0 Å². The summed E-state index contributed by atoms with van der Waals surface area (Å²) in [6, 6.07) is 7.86. The lowest BCUT2D eigenvalue weighted by molar-refractivity contribution is -0.127. The summed E-state index contributed by atoms with van der Waals surface area (Å²) in [5, 5.41) is 4.15. The SMILES string of the molecule is CN(C)C(=O)CN=C(NCCSc1ccc(Cl)cc1)N1CCCC1.I. The molecule has 1 amide bonds. The molecule has 1 aliphatic rings. The predicted molar refractivity (Wildman–Crippen MR) is 117 cm³/mol. The summed E-state index contributed by atoms with van der Waals surface area (Å²) in [5.74, 6) is 1.79. The first kappa shape index (κ1) is 22.4. The molecule has 0 bridgehead atoms. The van der Waals surface area contributed by atoms with Crippen molar-refractivity contribution in [1.82, 2.24) is 15.1 Å². The van der Waals surface area contributed by atoms with E-state index in [0.29, 0.717) is 0 Å². The summed E-state index contributed by atoms with van der Waals surface area (Å²) in [6.07, 6.45) is 2.36. The molecule has 1 heterocycles. The van der Waals surface area contributed by atoms with Crippen LogP contribution < -0.4 is 5.32 Å². The number of guanidine groups is 1. The summed E-state index contributed by atoms with van der Waals surface area (Å²) in [7, 11) is 3.51. The number of nitrogens with zero attached hydrogens (tertiary/aromatic N) is 3. The predicted octanol–water partition coefficient (Wildman–Crippen LogP) is 3.18. The molecule has 1 aliphatic heterocycles. The Bertz CT molecular complexity index is 562. The normalized spacial score (nSPS) is 14.2. The molecule has 0 atom stereocenters. The maximum atomic E-state index is 11.8. The third kappa shape index (κ3) is 8.04. The van der Waals surface area contributed by atoms with Gasteiger partial charge in [0.2, 0.25) is 5.91 Å². The number of amides is 1. The fourth-order valence-electron chi connectivity index (χ4n) is 2.34. The van der Waals surface area contributed by atoms with Gasteiger partial charge in [-0.3, -0.25) is 4.79 Å². The number of aliphatic imine (C=N–C) groups is 1. The minimum Gasteiger partial charge on any atom is -0.355 e. The van der Waals surface area contributed by atoms with Gasteiger partial charge in [0.25, 0.3) is 0 Å². The Morgan fingerprint density at radius 3 is 2.52 bits per heavy atom. The number of carbonyl (C=O) groups is 1. The molecule has 0 spiro atoms. The molecule has 0 radical (unpaired) electrons. The lowest BCUT2D eigenvalue weighted by atomic mass is 10.4. The Hall–Kier alpha value is -0.670. The maximum Gasteiger partial charge on any atom is 0.243 e. The maximum absolute atomic E-state index is 11.8. The van der Waals surface area contributed by atoms with Crippen LogP contribution in [0.25, 0.3) is 0 Å². The number of benzene rings is 1. The molecule has 25 heavy (non-hydrogen) atoms. The summed E-state index contributed by atoms with van der Waals surface area (Å²) in [5.41, 5.74) is 0. The molecule has 2 rings (SSSR count). The second kappa shape index (κ2) is 11.9. The first-order valence-corrected chi connectivity index (χ1v) is 9.54. The Balaban J connectivity index is 0.00000312. The number of likely N-dealkylation sites (N-methyl/N-ethyl adjacent to an activating group) is 1. The van der Waals surface area contributed by atoms with Gasteiger partial charge in [-0.2, -0.15) is 0 Å². The summed E-state index contributed by atoms with van der Waals surface area (Å²) in [4.78, 5) is 21.3. The summed E-state index contributed by atoms with van der Waals surface area (Å²) < 4.78 is 0. The van der Waals surface area contributed by atoms with E-state index >= 15 is 0 Å². The van der Waals surface area contributed by atoms with E-state index in [9.17, 15) is 4.79 Å². The molecule has 1 saturated heterocycles. The van der Waals surface area contributed by atoms with E-state index in [2.05, 4.69) is 15.2 Å². The van der Waals surface area contributed by atoms with Crippen molar-refractivity contribution in [3.8, 4) is 0 Å². The Morgan fingerprint density at radius 1 is 1.28 bits per heavy atom. The second-order valence-electron chi connectivity index (χ2n) is 5.85. The van der Waals surface area contributed by atoms with Crippen LogP contribution in [0.15, 0.2) is 34.2 Å². The number of halogens is 2. The molecular formula is C17H26ClIN4OS. The van der Waals surface area contributed by atoms with Crippen LogP contribution in [-0.4, -0.2) is 67.7 Å². The molecule has 1 aromatic carbocycles. The van der Waals surface area contributed by atoms with Crippen LogP contribution in [0.5, 0.6) is 0 Å². The highest BCUT2D eigenvalue weighted by atomic mass is 127. The number of likely N-dealkylation sites (tertiary alicyclic amines) is 1. The van der Waals surface area contributed by atoms with Crippen LogP contribution in [0.4, 0.5) is 0 Å². The molecule has 0 saturated carbocycles. The van der Waals surface area contributed by atoms with Gasteiger partial charge in [0, 0.05) is 49.4 Å². The number of hydrogen-bond acceptors (Lipinski definition) is 3. The topological polar surface area (TPSA) is 47.9 Å². The van der Waals surface area contributed by atoms with E-state index in [0.717, 1.165) is 36.4 Å². The average Bonchev–Trinajstić information content (AvgIpc) is 3.09. The van der Waals surface area contributed by atoms with Crippen molar-refractivity contribution in [2.45, 2.75) is 17.7 Å². The highest BCUT2D eigenvalue weighted by molar-refractivity contribution is 14.0. The van der Waals surface area contributed by atoms with Gasteiger partial charge in [0.15, 0.2) is 5.96 Å². The van der Waals surface area contributed by atoms with Crippen molar-refractivity contribution < 1.29 is 4.79 Å². The Labute approximate surface area is 176 Å². The smallest absolute Gasteiger partial charge is 0.243 e. The third-order valence-electron chi connectivity index (χ3n) is 3.74. The fraction of sp³-hybridized carbons (Fsp3) is 0.529. The van der Waals surface area contributed by atoms with Crippen molar-refractivity contribution in [2.75, 3.05) is 46.0 Å². The number of rotatable bonds is 6. The number of thioether (sulfide) groups is 1. The van der Waals surface area contributed by atoms with Crippen LogP contribution in [0.3, 0.4) is 0 Å². The van der Waals surface area contributed by atoms with Crippen molar-refractivity contribution in [1.29, 1.82) is 0 Å². The molecule has 5 nitrogen and oxygen atoms in total. The first-order chi connectivity index (χ1) is 11.6. The van der Waals surface area contributed by atoms with E-state index in [1.54, 1.807) is 30.8 Å². The average molecular weight is 497 g/mol. The van der Waals surface area contributed by atoms with Gasteiger partial charge in [-0.05, 0) is 37.1 Å². The van der Waals surface area contributed by atoms with E-state index in [1.165, 1.54) is 17.7 Å². The second-order valence-corrected chi connectivity index (χ2v) is 7.46. The lowest BCUT2D eigenvalue weighted by Crippen LogP contribution is -2.41. The largest absolute Gasteiger partial charge is 0.355 e. The zero-order valence-corrected chi connectivity index (χ0v) is 18.6. The molecular weight excluding hydrogens is 471 g/mol. The molecule has 0 unspecified atom stereocenters. The van der Waals surface area contributed by atoms with E-state index in [1.807, 2.05) is 24.3 Å². The molecule has 0 aromatic heterocycles. The van der Waals surface area contributed by atoms with Gasteiger partial charge in [0.05, 0.1) is 0 Å². The zero-order chi connectivity index (χ0) is 17.4. The van der Waals surface area contributed by atoms with E-state index in [-0.39, 0.29) is 36.4 Å². The standard InChI is InChI=1S/C17H25ClN4OS.HI/c1-21(2)16(23)13-20-17(22-10-3-4-11-22)19-9-12-24-15-7-5-14(18)6-8-15;/h5-8H,3-4,9-13H2,1-2H3,(H,19,20);1H. The monoisotopic (exact) mass is 496 g/mol. The third-order valence-corrected chi connectivity index (χ3v) is 5.00. The van der Waals surface area contributed by atoms with Gasteiger partial charge < -0.3 is 15.1 Å². The summed E-state index contributed by atoms with van der Waals surface area (Å²) in [6.45, 7) is 3.01. The van der Waals surface area contributed by atoms with E-state index in [4.69, 9.17) is 11.6 Å². The van der Waals surface area contributed by atoms with Crippen molar-refractivity contribution in [2.24, 2.45) is 4.99 Å². The fourth-order valence-corrected chi connectivity index (χ4v) is 3.24. The van der Waals surface area contributed by atoms with Gasteiger partial charge in [0.1, 0.15) is 6.54 Å². The summed E-state index contributed by atoms with van der Waals surface area (Å²) >= 11 is 7.67. The van der Waals surface area contributed by atoms with Crippen LogP contribution in [-0.2, 0) is 4.79 Å². The highest BCUT2D eigenvalue weighted by Crippen LogP contribution is 2.19. The lowest BCUT2D eigenvalue weighted by Gasteiger charge is -2.21. The van der Waals surface area contributed by atoms with Crippen LogP contribution in [0.1, 0.15) is 12.8 Å².